The molecule has 0 radical (unpaired) electrons. The van der Waals surface area contributed by atoms with Crippen LogP contribution in [0.5, 0.6) is 0 Å². The van der Waals surface area contributed by atoms with Gasteiger partial charge in [0.15, 0.2) is 0 Å². The first-order valence-electron chi connectivity index (χ1n) is 41.0. The molecule has 0 heterocycles. The normalized spacial score (nSPS) is 11.3. The Kier molecular flexibility index (Phi) is 27.6. The van der Waals surface area contributed by atoms with Crippen LogP contribution < -0.4 is 10.4 Å². The second-order valence-electron chi connectivity index (χ2n) is 31.0. The van der Waals surface area contributed by atoms with E-state index in [2.05, 4.69) is 475 Å². The molecule has 0 saturated heterocycles. The molecule has 22 aromatic rings. The van der Waals surface area contributed by atoms with E-state index in [1.807, 2.05) is 0 Å². The Labute approximate surface area is 763 Å². The molecule has 1 aliphatic carbocycles. The molecule has 0 N–H and O–H groups in total. The summed E-state index contributed by atoms with van der Waals surface area (Å²) in [6.45, 7) is 9.04. The standard InChI is InChI=1S/C26H19Si.2C21H17Si.C19H13.2C14H11.3Mg/c1-3-10-23(11-4-1)27(24-12-5-2-6-13-24)19-20-17-22-16-15-21-9-7-8-14-25(21)26(22)18-20;1-22(2)21-18-13-12-16-10-6-7-11-17(16)20(18)14-19(21)15-8-4-3-5-9-15;1-2-6-16(7-3-1)14-22-15-17-12-19-11-10-18-8-4-5-9-20(18)21(19)13-17;1-2-6-14(7-3-1)17-12-16-11-10-15-8-4-5-9-18(15)19(16)13-17;2*1-10-8-12-7-6-11-4-2-3-5-13(11)14(12)9-10;;;/h1-19H;3-13H,1-2H3;1-13,15,22H,14H2;1-13H;2*2-9H,1H3;;;/q6*-1;3*+2. The van der Waals surface area contributed by atoms with E-state index in [0.717, 1.165) is 0 Å². The molecule has 22 aromatic carbocycles. The topological polar surface area (TPSA) is 0 Å². The number of allylic oxidation sites excluding steroid dienone is 1. The third-order valence-corrected chi connectivity index (χ3v) is 28.1. The molecule has 23 rings (SSSR count). The molecular formula is C115H88Mg3Si3. The molecule has 0 aliphatic heterocycles. The van der Waals surface area contributed by atoms with Gasteiger partial charge in [-0.3, -0.25) is 0 Å². The monoisotopic (exact) mass is 1620 g/mol. The smallest absolute Gasteiger partial charge is 0.165 e. The molecule has 1 aliphatic rings. The summed E-state index contributed by atoms with van der Waals surface area (Å²) in [5.74, 6) is 0. The van der Waals surface area contributed by atoms with Crippen LogP contribution in [-0.4, -0.2) is 112 Å². The summed E-state index contributed by atoms with van der Waals surface area (Å²) < 4.78 is 0. The third-order valence-electron chi connectivity index (χ3n) is 22.8. The number of hydrogen-bond acceptors (Lipinski definition) is 0. The zero-order valence-electron chi connectivity index (χ0n) is 69.1. The van der Waals surface area contributed by atoms with Gasteiger partial charge in [-0.1, -0.05) is 461 Å². The van der Waals surface area contributed by atoms with Crippen molar-refractivity contribution in [3.63, 3.8) is 0 Å². The Hall–Kier alpha value is -11.4. The van der Waals surface area contributed by atoms with Crippen LogP contribution in [0.1, 0.15) is 44.5 Å². The molecule has 0 nitrogen and oxygen atoms in total. The van der Waals surface area contributed by atoms with Crippen molar-refractivity contribution in [2.45, 2.75) is 33.0 Å². The van der Waals surface area contributed by atoms with E-state index < -0.39 is 16.8 Å². The van der Waals surface area contributed by atoms with Crippen molar-refractivity contribution in [1.82, 2.24) is 0 Å². The van der Waals surface area contributed by atoms with Crippen LogP contribution >= 0.6 is 0 Å². The summed E-state index contributed by atoms with van der Waals surface area (Å²) in [4.78, 5) is 0. The molecule has 0 fully saturated rings. The van der Waals surface area contributed by atoms with Crippen molar-refractivity contribution in [3.8, 4) is 11.1 Å². The van der Waals surface area contributed by atoms with Crippen molar-refractivity contribution < 1.29 is 0 Å². The maximum atomic E-state index is 3.73. The molecule has 6 heteroatoms. The number of rotatable bonds is 8. The van der Waals surface area contributed by atoms with Crippen molar-refractivity contribution >= 4 is 246 Å². The van der Waals surface area contributed by atoms with Crippen molar-refractivity contribution in [3.05, 3.63) is 481 Å². The minimum Gasteiger partial charge on any atom is -0.165 e. The summed E-state index contributed by atoms with van der Waals surface area (Å²) in [6, 6.07) is 156. The van der Waals surface area contributed by atoms with Gasteiger partial charge in [-0.15, -0.1) is 182 Å². The Morgan fingerprint density at radius 1 is 0.298 bits per heavy atom. The van der Waals surface area contributed by atoms with Crippen molar-refractivity contribution in [2.24, 2.45) is 0 Å². The largest absolute Gasteiger partial charge is 2.00 e. The summed E-state index contributed by atoms with van der Waals surface area (Å²) in [5, 5.41) is 33.8. The van der Waals surface area contributed by atoms with Crippen molar-refractivity contribution in [1.29, 1.82) is 0 Å². The summed E-state index contributed by atoms with van der Waals surface area (Å²) in [5.41, 5.74) is 19.6. The van der Waals surface area contributed by atoms with Gasteiger partial charge in [0, 0.05) is 8.41 Å². The molecule has 0 atom stereocenters. The fourth-order valence-electron chi connectivity index (χ4n) is 17.1. The Bertz CT molecular complexity index is 7320. The van der Waals surface area contributed by atoms with Crippen LogP contribution in [-0.2, 0) is 6.04 Å². The van der Waals surface area contributed by atoms with E-state index in [9.17, 15) is 0 Å². The van der Waals surface area contributed by atoms with Gasteiger partial charge in [-0.25, -0.2) is 0 Å². The Morgan fingerprint density at radius 3 is 1.06 bits per heavy atom. The minimum atomic E-state index is -0.977. The van der Waals surface area contributed by atoms with Gasteiger partial charge >= 0.3 is 69.2 Å². The molecule has 0 bridgehead atoms. The zero-order chi connectivity index (χ0) is 79.7. The molecule has 0 spiro atoms. The van der Waals surface area contributed by atoms with Crippen LogP contribution in [0.15, 0.2) is 431 Å². The fourth-order valence-corrected chi connectivity index (χ4v) is 22.0. The Balaban J connectivity index is 0.000000114. The third kappa shape index (κ3) is 19.1. The SMILES string of the molecule is C(=[SiH]Cc1ccccc1)c1cc2ccc3ccccc3c2[cH-]1.C(c1cc2ccc3ccccc3c2[cH-]1)=[Si](c1ccccc1)c1ccccc1.C[Si](C)=C1C(c2ccccc2)=[C-]c2c1ccc1ccccc21.Cc1cc2ccc3ccccc3c2[cH-]1.Cc1cc2ccc3ccccc3c2[cH-]1.[Mg+2].[Mg+2].[Mg+2].c1ccc(-c2cc3ccc4ccccc4c3[cH-]2)cc1. The van der Waals surface area contributed by atoms with E-state index >= 15 is 0 Å². The second kappa shape index (κ2) is 39.5. The average Bonchev–Trinajstić information content (AvgIpc) is 1.63. The second-order valence-corrected chi connectivity index (χ2v) is 37.0. The maximum Gasteiger partial charge on any atom is 2.00 e. The van der Waals surface area contributed by atoms with Gasteiger partial charge in [0.25, 0.3) is 0 Å². The van der Waals surface area contributed by atoms with E-state index in [1.54, 1.807) is 0 Å². The first kappa shape index (κ1) is 84.7. The summed E-state index contributed by atoms with van der Waals surface area (Å²) in [7, 11) is -1.24. The van der Waals surface area contributed by atoms with E-state index in [4.69, 9.17) is 0 Å². The van der Waals surface area contributed by atoms with Crippen molar-refractivity contribution in [2.75, 3.05) is 0 Å². The van der Waals surface area contributed by atoms with Gasteiger partial charge in [0.05, 0.1) is 0 Å². The molecule has 0 aromatic heterocycles. The first-order chi connectivity index (χ1) is 58.1. The first-order valence-corrected chi connectivity index (χ1v) is 46.5. The number of fused-ring (bicyclic) bond motifs is 18. The summed E-state index contributed by atoms with van der Waals surface area (Å²) >= 11 is 0. The van der Waals surface area contributed by atoms with Crippen LogP contribution in [0, 0.1) is 19.9 Å². The molecule has 0 amide bonds. The average molecular weight is 1630 g/mol. The fraction of sp³-hybridized carbons (Fsp3) is 0.0435. The van der Waals surface area contributed by atoms with Crippen LogP contribution in [0.2, 0.25) is 13.1 Å². The molecule has 0 saturated carbocycles. The van der Waals surface area contributed by atoms with Gasteiger partial charge in [-0.05, 0) is 39.5 Å². The number of aryl methyl sites for hydroxylation is 2. The number of hydrogen-bond donors (Lipinski definition) is 0. The predicted molar refractivity (Wildman–Crippen MR) is 541 cm³/mol. The minimum absolute atomic E-state index is 0. The zero-order valence-corrected chi connectivity index (χ0v) is 76.4. The van der Waals surface area contributed by atoms with E-state index in [-0.39, 0.29) is 69.2 Å². The Morgan fingerprint density at radius 2 is 0.620 bits per heavy atom. The van der Waals surface area contributed by atoms with E-state index in [0.29, 0.717) is 9.13 Å². The van der Waals surface area contributed by atoms with Gasteiger partial charge in [-0.2, -0.15) is 12.1 Å². The molecule has 566 valence electrons. The van der Waals surface area contributed by atoms with Gasteiger partial charge in [0.1, 0.15) is 0 Å². The van der Waals surface area contributed by atoms with Crippen LogP contribution in [0.25, 0.3) is 135 Å². The van der Waals surface area contributed by atoms with Crippen LogP contribution in [0.4, 0.5) is 0 Å². The molecule has 0 unspecified atom stereocenters. The van der Waals surface area contributed by atoms with Gasteiger partial charge < -0.3 is 0 Å². The number of benzene rings is 17. The summed E-state index contributed by atoms with van der Waals surface area (Å²) in [6.07, 6.45) is 3.73. The van der Waals surface area contributed by atoms with E-state index in [1.165, 1.54) is 201 Å². The van der Waals surface area contributed by atoms with Gasteiger partial charge in [0.2, 0.25) is 0 Å². The molecule has 121 heavy (non-hydrogen) atoms. The van der Waals surface area contributed by atoms with Crippen LogP contribution in [0.3, 0.4) is 0 Å². The maximum absolute atomic E-state index is 3.73. The molecular weight excluding hydrogens is 1540 g/mol. The quantitative estimate of drug-likeness (QED) is 0.105. The predicted octanol–water partition coefficient (Wildman–Crippen LogP) is 26.5.